The van der Waals surface area contributed by atoms with E-state index in [1.807, 2.05) is 19.9 Å². The molecule has 7 atom stereocenters. The first-order chi connectivity index (χ1) is 24.2. The highest BCUT2D eigenvalue weighted by atomic mass is 16.9. The molecule has 2 fully saturated rings. The Kier molecular flexibility index (Phi) is 10.9. The van der Waals surface area contributed by atoms with E-state index < -0.39 is 58.1 Å². The van der Waals surface area contributed by atoms with Crippen molar-refractivity contribution in [1.29, 1.82) is 0 Å². The number of hydrogen-bond donors (Lipinski definition) is 1. The van der Waals surface area contributed by atoms with E-state index in [0.717, 1.165) is 5.57 Å². The van der Waals surface area contributed by atoms with Gasteiger partial charge in [-0.2, -0.15) is 0 Å². The van der Waals surface area contributed by atoms with E-state index in [4.69, 9.17) is 23.7 Å². The molecule has 0 aliphatic heterocycles. The minimum absolute atomic E-state index is 0.00564. The van der Waals surface area contributed by atoms with Crippen molar-refractivity contribution in [1.82, 2.24) is 0 Å². The fourth-order valence-corrected chi connectivity index (χ4v) is 8.93. The van der Waals surface area contributed by atoms with Gasteiger partial charge in [0.25, 0.3) is 5.09 Å². The number of rotatable bonds is 13. The van der Waals surface area contributed by atoms with Gasteiger partial charge < -0.3 is 33.6 Å². The van der Waals surface area contributed by atoms with E-state index in [2.05, 4.69) is 10.9 Å². The molecule has 15 nitrogen and oxygen atoms in total. The number of carbonyl (C=O) groups is 5. The molecule has 4 aliphatic rings. The molecule has 0 aromatic heterocycles. The number of benzene rings is 1. The van der Waals surface area contributed by atoms with Crippen LogP contribution in [0.25, 0.3) is 0 Å². The van der Waals surface area contributed by atoms with Crippen molar-refractivity contribution < 1.29 is 62.7 Å². The number of esters is 2. The van der Waals surface area contributed by atoms with Gasteiger partial charge in [0.1, 0.15) is 0 Å². The fourth-order valence-electron chi connectivity index (χ4n) is 8.93. The smallest absolute Gasteiger partial charge is 0.493 e. The molecule has 0 amide bonds. The number of fused-ring (bicyclic) bond motifs is 5. The summed E-state index contributed by atoms with van der Waals surface area (Å²) in [5, 5.41) is 21.1. The number of ether oxygens (including phenoxy) is 5. The highest BCUT2D eigenvalue weighted by Crippen LogP contribution is 2.67. The van der Waals surface area contributed by atoms with Gasteiger partial charge >= 0.3 is 18.1 Å². The van der Waals surface area contributed by atoms with Crippen LogP contribution in [0.2, 0.25) is 0 Å². The van der Waals surface area contributed by atoms with Crippen molar-refractivity contribution in [3.05, 3.63) is 57.7 Å². The summed E-state index contributed by atoms with van der Waals surface area (Å²) in [5.41, 5.74) is -2.38. The third-order valence-corrected chi connectivity index (χ3v) is 11.2. The Morgan fingerprint density at radius 2 is 1.88 bits per heavy atom. The summed E-state index contributed by atoms with van der Waals surface area (Å²) < 4.78 is 27.0. The van der Waals surface area contributed by atoms with Gasteiger partial charge in [0.05, 0.1) is 32.0 Å². The lowest BCUT2D eigenvalue weighted by atomic mass is 9.47. The highest BCUT2D eigenvalue weighted by Gasteiger charge is 2.70. The van der Waals surface area contributed by atoms with E-state index in [9.17, 15) is 39.2 Å². The van der Waals surface area contributed by atoms with Crippen LogP contribution in [0.1, 0.15) is 76.1 Å². The summed E-state index contributed by atoms with van der Waals surface area (Å²) >= 11 is 0. The minimum Gasteiger partial charge on any atom is -0.493 e. The minimum atomic E-state index is -1.76. The maximum atomic E-state index is 14.3. The molecule has 0 radical (unpaired) electrons. The lowest BCUT2D eigenvalue weighted by Gasteiger charge is -2.59. The molecule has 0 spiro atoms. The second-order valence-corrected chi connectivity index (χ2v) is 13.9. The van der Waals surface area contributed by atoms with Crippen molar-refractivity contribution in [3.8, 4) is 11.5 Å². The molecule has 1 N–H and O–H groups in total. The lowest BCUT2D eigenvalue weighted by molar-refractivity contribution is -0.757. The van der Waals surface area contributed by atoms with Crippen molar-refractivity contribution in [2.24, 2.45) is 28.6 Å². The molecule has 4 aliphatic carbocycles. The number of methoxy groups -OCH3 is 1. The zero-order valence-corrected chi connectivity index (χ0v) is 29.0. The second-order valence-electron chi connectivity index (χ2n) is 13.9. The van der Waals surface area contributed by atoms with E-state index in [1.165, 1.54) is 25.3 Å². The largest absolute Gasteiger partial charge is 0.509 e. The Hall–Kier alpha value is -4.79. The van der Waals surface area contributed by atoms with E-state index in [0.29, 0.717) is 19.3 Å². The number of ketones is 2. The quantitative estimate of drug-likeness (QED) is 0.0747. The van der Waals surface area contributed by atoms with Crippen LogP contribution >= 0.6 is 0 Å². The zero-order chi connectivity index (χ0) is 37.1. The number of carbonyl (C=O) groups excluding carboxylic acids is 5. The van der Waals surface area contributed by atoms with Gasteiger partial charge in [0, 0.05) is 29.6 Å². The Labute approximate surface area is 294 Å². The summed E-state index contributed by atoms with van der Waals surface area (Å²) in [6, 6.07) is 3.87. The van der Waals surface area contributed by atoms with Crippen LogP contribution in [0.5, 0.6) is 11.5 Å². The van der Waals surface area contributed by atoms with Crippen LogP contribution in [0.3, 0.4) is 0 Å². The lowest BCUT2D eigenvalue weighted by Crippen LogP contribution is -2.63. The summed E-state index contributed by atoms with van der Waals surface area (Å²) in [4.78, 5) is 79.2. The van der Waals surface area contributed by atoms with Crippen molar-refractivity contribution in [2.75, 3.05) is 26.9 Å². The molecule has 0 unspecified atom stereocenters. The van der Waals surface area contributed by atoms with Gasteiger partial charge in [-0.05, 0) is 75.1 Å². The Morgan fingerprint density at radius 3 is 2.59 bits per heavy atom. The van der Waals surface area contributed by atoms with Gasteiger partial charge in [0.15, 0.2) is 29.5 Å². The number of aliphatic hydroxyl groups excluding tert-OH is 1. The number of aliphatic hydroxyl groups is 1. The monoisotopic (exact) mass is 713 g/mol. The van der Waals surface area contributed by atoms with Gasteiger partial charge in [-0.1, -0.05) is 31.6 Å². The summed E-state index contributed by atoms with van der Waals surface area (Å²) in [5.74, 6) is -2.69. The molecule has 2 saturated carbocycles. The maximum absolute atomic E-state index is 14.3. The van der Waals surface area contributed by atoms with E-state index in [-0.39, 0.29) is 79.5 Å². The van der Waals surface area contributed by atoms with Crippen LogP contribution in [0, 0.1) is 38.7 Å². The number of allylic oxidation sites excluding steroid dienone is 4. The first kappa shape index (κ1) is 37.5. The molecule has 276 valence electrons. The molecule has 0 heterocycles. The van der Waals surface area contributed by atoms with Gasteiger partial charge in [0.2, 0.25) is 5.78 Å². The summed E-state index contributed by atoms with van der Waals surface area (Å²) in [6.07, 6.45) is 5.14. The standard InChI is InChI=1S/C36H43NO14/c1-5-47-33(43)51-36(15-13-25-24-10-9-22-18-23(38)12-14-34(22,2)31(24)26(39)19-35(25,36)3)29(40)20-48-32(42)21-8-11-27(28(17-21)46-4)50-30(41)7-6-16-49-37(44)45/h8-9,11-12,14,17,24-26,31,39H,5-7,10,13,15-16,18-20H2,1-4H3/t24-,25-,26-,31+,34-,35-,36-/m0/s1. The number of nitrogens with zero attached hydrogens (tertiary/aromatic N) is 1. The normalized spacial score (nSPS) is 30.5. The third kappa shape index (κ3) is 7.08. The topological polar surface area (TPSA) is 204 Å². The molecule has 51 heavy (non-hydrogen) atoms. The molecule has 0 saturated heterocycles. The molecule has 0 bridgehead atoms. The van der Waals surface area contributed by atoms with Gasteiger partial charge in [-0.15, -0.1) is 10.1 Å². The Balaban J connectivity index is 1.33. The predicted molar refractivity (Wildman–Crippen MR) is 175 cm³/mol. The fraction of sp³-hybridized carbons (Fsp3) is 0.583. The highest BCUT2D eigenvalue weighted by molar-refractivity contribution is 5.96. The molecular formula is C36H43NO14. The Bertz CT molecular complexity index is 1650. The van der Waals surface area contributed by atoms with E-state index >= 15 is 0 Å². The molecule has 1 aromatic rings. The third-order valence-electron chi connectivity index (χ3n) is 11.2. The van der Waals surface area contributed by atoms with Gasteiger partial charge in [-0.3, -0.25) is 14.4 Å². The molecular weight excluding hydrogens is 670 g/mol. The van der Waals surface area contributed by atoms with Crippen molar-refractivity contribution in [2.45, 2.75) is 77.4 Å². The Morgan fingerprint density at radius 1 is 1.12 bits per heavy atom. The second kappa shape index (κ2) is 14.8. The molecule has 5 rings (SSSR count). The van der Waals surface area contributed by atoms with Gasteiger partial charge in [-0.25, -0.2) is 9.59 Å². The summed E-state index contributed by atoms with van der Waals surface area (Å²) in [7, 11) is 1.29. The number of hydrogen-bond acceptors (Lipinski definition) is 14. The van der Waals surface area contributed by atoms with Crippen LogP contribution in [-0.2, 0) is 33.4 Å². The predicted octanol–water partition coefficient (Wildman–Crippen LogP) is 4.51. The van der Waals surface area contributed by atoms with Crippen LogP contribution < -0.4 is 9.47 Å². The van der Waals surface area contributed by atoms with Crippen LogP contribution in [0.15, 0.2) is 42.0 Å². The SMILES string of the molecule is CCOC(=O)O[C@]1(C(=O)COC(=O)c2ccc(OC(=O)CCCO[N+](=O)[O-])c(OC)c2)CC[C@H]2[C@@H]3CC=C4CC(=O)C=C[C@]4(C)[C@H]3[C@@H](O)C[C@@]21C. The molecule has 1 aromatic carbocycles. The van der Waals surface area contributed by atoms with Crippen LogP contribution in [0.4, 0.5) is 4.79 Å². The maximum Gasteiger partial charge on any atom is 0.509 e. The number of Topliss-reactive ketones (excluding diaryl/α,β-unsaturated/α-hetero) is 1. The average Bonchev–Trinajstić information content (AvgIpc) is 3.37. The molecule has 15 heteroatoms. The first-order valence-electron chi connectivity index (χ1n) is 17.0. The van der Waals surface area contributed by atoms with Crippen molar-refractivity contribution >= 4 is 29.7 Å². The average molecular weight is 714 g/mol. The zero-order valence-electron chi connectivity index (χ0n) is 29.0. The first-order valence-corrected chi connectivity index (χ1v) is 17.0. The summed E-state index contributed by atoms with van der Waals surface area (Å²) in [6.45, 7) is 4.46. The van der Waals surface area contributed by atoms with Crippen LogP contribution in [-0.4, -0.2) is 78.5 Å². The van der Waals surface area contributed by atoms with Crippen molar-refractivity contribution in [3.63, 3.8) is 0 Å². The van der Waals surface area contributed by atoms with E-state index in [1.54, 1.807) is 13.0 Å².